The van der Waals surface area contributed by atoms with E-state index < -0.39 is 0 Å². The minimum atomic E-state index is -0.0538. The van der Waals surface area contributed by atoms with Crippen LogP contribution in [-0.2, 0) is 7.05 Å². The van der Waals surface area contributed by atoms with Gasteiger partial charge in [0, 0.05) is 38.5 Å². The molecular formula is C15H26N4O2. The number of aryl methyl sites for hydroxylation is 1. The van der Waals surface area contributed by atoms with E-state index >= 15 is 0 Å². The predicted octanol–water partition coefficient (Wildman–Crippen LogP) is 1.68. The van der Waals surface area contributed by atoms with Gasteiger partial charge in [0.25, 0.3) is 0 Å². The lowest BCUT2D eigenvalue weighted by molar-refractivity contribution is 0.0516. The molecule has 1 saturated heterocycles. The Balaban J connectivity index is 1.87. The van der Waals surface area contributed by atoms with Crippen LogP contribution in [0.2, 0.25) is 0 Å². The van der Waals surface area contributed by atoms with Crippen molar-refractivity contribution in [2.45, 2.75) is 39.2 Å². The molecule has 6 nitrogen and oxygen atoms in total. The third kappa shape index (κ3) is 3.56. The van der Waals surface area contributed by atoms with E-state index in [2.05, 4.69) is 17.3 Å². The van der Waals surface area contributed by atoms with Crippen molar-refractivity contribution in [1.82, 2.24) is 20.0 Å². The van der Waals surface area contributed by atoms with E-state index in [-0.39, 0.29) is 24.1 Å². The first-order valence-corrected chi connectivity index (χ1v) is 7.64. The van der Waals surface area contributed by atoms with Crippen LogP contribution in [-0.4, -0.2) is 45.5 Å². The number of aliphatic hydroxyl groups is 1. The molecule has 21 heavy (non-hydrogen) atoms. The average molecular weight is 294 g/mol. The number of nitrogens with one attached hydrogen (secondary N) is 1. The number of carbonyl (C=O) groups excluding carboxylic acids is 1. The summed E-state index contributed by atoms with van der Waals surface area (Å²) in [6.45, 7) is 5.70. The van der Waals surface area contributed by atoms with Gasteiger partial charge < -0.3 is 15.3 Å². The van der Waals surface area contributed by atoms with Crippen LogP contribution in [0.4, 0.5) is 4.79 Å². The van der Waals surface area contributed by atoms with Crippen molar-refractivity contribution in [3.05, 3.63) is 18.0 Å². The second-order valence-corrected chi connectivity index (χ2v) is 6.12. The zero-order valence-corrected chi connectivity index (χ0v) is 13.2. The van der Waals surface area contributed by atoms with Gasteiger partial charge in [0.05, 0.1) is 12.2 Å². The highest BCUT2D eigenvalue weighted by Gasteiger charge is 2.34. The van der Waals surface area contributed by atoms with Crippen LogP contribution in [0, 0.1) is 5.41 Å². The lowest BCUT2D eigenvalue weighted by atomic mass is 9.77. The van der Waals surface area contributed by atoms with E-state index in [0.29, 0.717) is 13.1 Å². The van der Waals surface area contributed by atoms with Crippen LogP contribution in [0.25, 0.3) is 0 Å². The molecule has 1 aromatic heterocycles. The van der Waals surface area contributed by atoms with E-state index in [1.807, 2.05) is 25.1 Å². The maximum absolute atomic E-state index is 12.3. The summed E-state index contributed by atoms with van der Waals surface area (Å²) in [6.07, 6.45) is 6.39. The Hall–Kier alpha value is -1.56. The van der Waals surface area contributed by atoms with Gasteiger partial charge in [0.2, 0.25) is 0 Å². The number of piperidine rings is 1. The first-order chi connectivity index (χ1) is 9.99. The molecule has 1 aliphatic heterocycles. The highest BCUT2D eigenvalue weighted by Crippen LogP contribution is 2.34. The largest absolute Gasteiger partial charge is 0.396 e. The Labute approximate surface area is 126 Å². The molecule has 2 rings (SSSR count). The Kier molecular flexibility index (Phi) is 4.88. The molecule has 0 saturated carbocycles. The fraction of sp³-hybridized carbons (Fsp3) is 0.733. The smallest absolute Gasteiger partial charge is 0.317 e. The number of aromatic nitrogens is 2. The van der Waals surface area contributed by atoms with Crippen LogP contribution >= 0.6 is 0 Å². The second kappa shape index (κ2) is 6.47. The number of rotatable bonds is 4. The average Bonchev–Trinajstić information content (AvgIpc) is 2.94. The summed E-state index contributed by atoms with van der Waals surface area (Å²) in [6, 6.07) is -0.0871. The minimum Gasteiger partial charge on any atom is -0.396 e. The lowest BCUT2D eigenvalue weighted by Crippen LogP contribution is -2.48. The number of likely N-dealkylation sites (tertiary alicyclic amines) is 1. The van der Waals surface area contributed by atoms with Crippen LogP contribution in [0.5, 0.6) is 0 Å². The highest BCUT2D eigenvalue weighted by molar-refractivity contribution is 5.74. The molecule has 1 aliphatic rings. The maximum atomic E-state index is 12.3. The van der Waals surface area contributed by atoms with Crippen molar-refractivity contribution in [2.75, 3.05) is 19.7 Å². The summed E-state index contributed by atoms with van der Waals surface area (Å²) in [7, 11) is 1.86. The van der Waals surface area contributed by atoms with Gasteiger partial charge in [0.1, 0.15) is 0 Å². The van der Waals surface area contributed by atoms with Gasteiger partial charge in [-0.05, 0) is 31.6 Å². The summed E-state index contributed by atoms with van der Waals surface area (Å²) in [4.78, 5) is 14.1. The highest BCUT2D eigenvalue weighted by atomic mass is 16.3. The Morgan fingerprint density at radius 1 is 1.52 bits per heavy atom. The first-order valence-electron chi connectivity index (χ1n) is 7.64. The van der Waals surface area contributed by atoms with Crippen molar-refractivity contribution in [1.29, 1.82) is 0 Å². The normalized spacial score (nSPS) is 19.3. The molecule has 0 radical (unpaired) electrons. The lowest BCUT2D eigenvalue weighted by Gasteiger charge is -2.40. The number of nitrogens with zero attached hydrogens (tertiary/aromatic N) is 3. The molecule has 0 aliphatic carbocycles. The van der Waals surface area contributed by atoms with Crippen molar-refractivity contribution in [3.8, 4) is 0 Å². The standard InChI is InChI=1S/C15H26N4O2/c1-4-15(11-20)5-7-19(8-6-15)14(21)17-12(2)13-9-16-18(3)10-13/h9-10,12,20H,4-8,11H2,1-3H3,(H,17,21). The van der Waals surface area contributed by atoms with Gasteiger partial charge in [-0.15, -0.1) is 0 Å². The molecular weight excluding hydrogens is 268 g/mol. The molecule has 6 heteroatoms. The predicted molar refractivity (Wildman–Crippen MR) is 80.8 cm³/mol. The van der Waals surface area contributed by atoms with E-state index in [0.717, 1.165) is 24.8 Å². The SMILES string of the molecule is CCC1(CO)CCN(C(=O)NC(C)c2cnn(C)c2)CC1. The summed E-state index contributed by atoms with van der Waals surface area (Å²) in [5, 5.41) is 16.7. The van der Waals surface area contributed by atoms with Gasteiger partial charge in [0.15, 0.2) is 0 Å². The van der Waals surface area contributed by atoms with Crippen LogP contribution in [0.15, 0.2) is 12.4 Å². The second-order valence-electron chi connectivity index (χ2n) is 6.12. The van der Waals surface area contributed by atoms with Gasteiger partial charge in [-0.1, -0.05) is 6.92 Å². The topological polar surface area (TPSA) is 70.4 Å². The van der Waals surface area contributed by atoms with Crippen molar-refractivity contribution >= 4 is 6.03 Å². The number of urea groups is 1. The monoisotopic (exact) mass is 294 g/mol. The van der Waals surface area contributed by atoms with Gasteiger partial charge in [-0.25, -0.2) is 4.79 Å². The third-order valence-electron chi connectivity index (χ3n) is 4.76. The molecule has 2 N–H and O–H groups in total. The van der Waals surface area contributed by atoms with E-state index in [4.69, 9.17) is 0 Å². The van der Waals surface area contributed by atoms with Crippen molar-refractivity contribution in [2.24, 2.45) is 12.5 Å². The third-order valence-corrected chi connectivity index (χ3v) is 4.76. The maximum Gasteiger partial charge on any atom is 0.317 e. The Morgan fingerprint density at radius 2 is 2.19 bits per heavy atom. The summed E-state index contributed by atoms with van der Waals surface area (Å²) in [5.74, 6) is 0. The number of hydrogen-bond donors (Lipinski definition) is 2. The van der Waals surface area contributed by atoms with Gasteiger partial charge >= 0.3 is 6.03 Å². The molecule has 1 fully saturated rings. The summed E-state index contributed by atoms with van der Waals surface area (Å²) < 4.78 is 1.73. The molecule has 0 aromatic carbocycles. The molecule has 2 heterocycles. The quantitative estimate of drug-likeness (QED) is 0.887. The molecule has 1 unspecified atom stereocenters. The van der Waals surface area contributed by atoms with Crippen LogP contribution < -0.4 is 5.32 Å². The molecule has 118 valence electrons. The summed E-state index contributed by atoms with van der Waals surface area (Å²) in [5.41, 5.74) is 1.01. The molecule has 0 spiro atoms. The van der Waals surface area contributed by atoms with Crippen molar-refractivity contribution < 1.29 is 9.90 Å². The fourth-order valence-electron chi connectivity index (χ4n) is 2.83. The van der Waals surface area contributed by atoms with E-state index in [1.54, 1.807) is 10.9 Å². The minimum absolute atomic E-state index is 0.00570. The first kappa shape index (κ1) is 15.8. The Bertz CT molecular complexity index is 472. The number of carbonyl (C=O) groups is 1. The Morgan fingerprint density at radius 3 is 2.67 bits per heavy atom. The number of aliphatic hydroxyl groups excluding tert-OH is 1. The number of hydrogen-bond acceptors (Lipinski definition) is 3. The fourth-order valence-corrected chi connectivity index (χ4v) is 2.83. The van der Waals surface area contributed by atoms with E-state index in [1.165, 1.54) is 0 Å². The van der Waals surface area contributed by atoms with Crippen molar-refractivity contribution in [3.63, 3.8) is 0 Å². The van der Waals surface area contributed by atoms with Crippen LogP contribution in [0.3, 0.4) is 0 Å². The van der Waals surface area contributed by atoms with Gasteiger partial charge in [-0.2, -0.15) is 5.10 Å². The summed E-state index contributed by atoms with van der Waals surface area (Å²) >= 11 is 0. The zero-order valence-electron chi connectivity index (χ0n) is 13.2. The molecule has 2 amide bonds. The number of amides is 2. The van der Waals surface area contributed by atoms with E-state index in [9.17, 15) is 9.90 Å². The van der Waals surface area contributed by atoms with Crippen LogP contribution in [0.1, 0.15) is 44.7 Å². The molecule has 1 aromatic rings. The molecule has 0 bridgehead atoms. The zero-order chi connectivity index (χ0) is 15.5. The molecule has 1 atom stereocenters. The van der Waals surface area contributed by atoms with Gasteiger partial charge in [-0.3, -0.25) is 4.68 Å².